The summed E-state index contributed by atoms with van der Waals surface area (Å²) in [7, 11) is 1.34. The quantitative estimate of drug-likeness (QED) is 0.560. The minimum Gasteiger partial charge on any atom is -0.494 e. The van der Waals surface area contributed by atoms with E-state index in [1.807, 2.05) is 0 Å². The predicted molar refractivity (Wildman–Crippen MR) is 47.4 cm³/mol. The maximum Gasteiger partial charge on any atom is 0.166 e. The van der Waals surface area contributed by atoms with Crippen molar-refractivity contribution in [2.24, 2.45) is 0 Å². The Morgan fingerprint density at radius 3 is 2.54 bits per heavy atom. The van der Waals surface area contributed by atoms with E-state index in [1.165, 1.54) is 20.1 Å². The molecular formula is C9H10FNO2. The maximum absolute atomic E-state index is 13.1. The first kappa shape index (κ1) is 9.51. The average Bonchev–Trinajstić information content (AvgIpc) is 2.07. The molecule has 1 aromatic rings. The average molecular weight is 183 g/mol. The lowest BCUT2D eigenvalue weighted by Crippen LogP contribution is -2.04. The number of rotatable bonds is 2. The second-order valence-electron chi connectivity index (χ2n) is 2.60. The van der Waals surface area contributed by atoms with Gasteiger partial charge >= 0.3 is 0 Å². The topological polar surface area (TPSA) is 52.3 Å². The number of hydrogen-bond donors (Lipinski definition) is 1. The Hall–Kier alpha value is -1.58. The minimum absolute atomic E-state index is 0.0949. The zero-order chi connectivity index (χ0) is 10.0. The monoisotopic (exact) mass is 183 g/mol. The summed E-state index contributed by atoms with van der Waals surface area (Å²) in [4.78, 5) is 11.0. The molecule has 0 bridgehead atoms. The summed E-state index contributed by atoms with van der Waals surface area (Å²) in [5, 5.41) is 0. The van der Waals surface area contributed by atoms with E-state index in [2.05, 4.69) is 0 Å². The number of nitrogen functional groups attached to an aromatic ring is 1. The van der Waals surface area contributed by atoms with Crippen LogP contribution in [0.1, 0.15) is 17.3 Å². The number of ether oxygens (including phenoxy) is 1. The van der Waals surface area contributed by atoms with Crippen molar-refractivity contribution < 1.29 is 13.9 Å². The fourth-order valence-corrected chi connectivity index (χ4v) is 1.12. The molecule has 4 heteroatoms. The number of benzene rings is 1. The van der Waals surface area contributed by atoms with Crippen LogP contribution >= 0.6 is 0 Å². The van der Waals surface area contributed by atoms with Gasteiger partial charge in [-0.05, 0) is 19.1 Å². The van der Waals surface area contributed by atoms with E-state index in [0.29, 0.717) is 0 Å². The first-order valence-corrected chi connectivity index (χ1v) is 3.70. The van der Waals surface area contributed by atoms with Crippen LogP contribution in [0.15, 0.2) is 12.1 Å². The predicted octanol–water partition coefficient (Wildman–Crippen LogP) is 1.62. The minimum atomic E-state index is -0.612. The van der Waals surface area contributed by atoms with Crippen molar-refractivity contribution >= 4 is 11.5 Å². The summed E-state index contributed by atoms with van der Waals surface area (Å²) < 4.78 is 17.9. The molecule has 1 aromatic carbocycles. The van der Waals surface area contributed by atoms with Crippen LogP contribution in [0.3, 0.4) is 0 Å². The van der Waals surface area contributed by atoms with Gasteiger partial charge in [0, 0.05) is 0 Å². The number of carbonyl (C=O) groups excluding carboxylic acids is 1. The highest BCUT2D eigenvalue weighted by Crippen LogP contribution is 2.28. The molecule has 2 N–H and O–H groups in total. The van der Waals surface area contributed by atoms with Crippen LogP contribution in [-0.4, -0.2) is 12.9 Å². The molecule has 0 radical (unpaired) electrons. The third-order valence-corrected chi connectivity index (χ3v) is 1.69. The lowest BCUT2D eigenvalue weighted by molar-refractivity contribution is 0.101. The van der Waals surface area contributed by atoms with Crippen LogP contribution < -0.4 is 10.5 Å². The Bertz CT molecular complexity index is 350. The summed E-state index contributed by atoms with van der Waals surface area (Å²) in [6.45, 7) is 1.26. The SMILES string of the molecule is COc1c(N)ccc(F)c1C(C)=O. The first-order valence-electron chi connectivity index (χ1n) is 3.70. The number of ketones is 1. The van der Waals surface area contributed by atoms with Gasteiger partial charge in [0.25, 0.3) is 0 Å². The highest BCUT2D eigenvalue weighted by atomic mass is 19.1. The molecular weight excluding hydrogens is 173 g/mol. The molecule has 0 aliphatic carbocycles. The fraction of sp³-hybridized carbons (Fsp3) is 0.222. The number of methoxy groups -OCH3 is 1. The molecule has 0 aromatic heterocycles. The normalized spacial score (nSPS) is 9.77. The van der Waals surface area contributed by atoms with Gasteiger partial charge in [0.2, 0.25) is 0 Å². The van der Waals surface area contributed by atoms with Gasteiger partial charge in [-0.25, -0.2) is 4.39 Å². The molecule has 3 nitrogen and oxygen atoms in total. The lowest BCUT2D eigenvalue weighted by Gasteiger charge is -2.08. The van der Waals surface area contributed by atoms with Crippen molar-refractivity contribution in [1.29, 1.82) is 0 Å². The van der Waals surface area contributed by atoms with Crippen molar-refractivity contribution in [3.8, 4) is 5.75 Å². The molecule has 0 spiro atoms. The van der Waals surface area contributed by atoms with E-state index in [9.17, 15) is 9.18 Å². The van der Waals surface area contributed by atoms with Crippen molar-refractivity contribution in [3.05, 3.63) is 23.5 Å². The maximum atomic E-state index is 13.1. The van der Waals surface area contributed by atoms with E-state index in [1.54, 1.807) is 0 Å². The highest BCUT2D eigenvalue weighted by Gasteiger charge is 2.16. The molecule has 0 saturated carbocycles. The molecule has 0 unspecified atom stereocenters. The molecule has 0 fully saturated rings. The Labute approximate surface area is 75.3 Å². The van der Waals surface area contributed by atoms with Crippen molar-refractivity contribution in [2.45, 2.75) is 6.92 Å². The van der Waals surface area contributed by atoms with Crippen LogP contribution in [0.5, 0.6) is 5.75 Å². The first-order chi connectivity index (χ1) is 6.07. The summed E-state index contributed by atoms with van der Waals surface area (Å²) in [5.74, 6) is -0.910. The second kappa shape index (κ2) is 3.43. The number of anilines is 1. The molecule has 1 rings (SSSR count). The molecule has 0 aliphatic heterocycles. The van der Waals surface area contributed by atoms with E-state index in [-0.39, 0.29) is 17.0 Å². The van der Waals surface area contributed by atoms with E-state index < -0.39 is 11.6 Å². The highest BCUT2D eigenvalue weighted by molar-refractivity contribution is 5.98. The van der Waals surface area contributed by atoms with Crippen LogP contribution in [0.4, 0.5) is 10.1 Å². The number of carbonyl (C=O) groups is 1. The number of Topliss-reactive ketones (excluding diaryl/α,β-unsaturated/α-hetero) is 1. The third kappa shape index (κ3) is 1.61. The summed E-state index contributed by atoms with van der Waals surface area (Å²) in [6.07, 6.45) is 0. The second-order valence-corrected chi connectivity index (χ2v) is 2.60. The largest absolute Gasteiger partial charge is 0.494 e. The van der Waals surface area contributed by atoms with Gasteiger partial charge in [-0.2, -0.15) is 0 Å². The van der Waals surface area contributed by atoms with Gasteiger partial charge < -0.3 is 10.5 Å². The molecule has 0 amide bonds. The number of hydrogen-bond acceptors (Lipinski definition) is 3. The molecule has 0 aliphatic rings. The van der Waals surface area contributed by atoms with Gasteiger partial charge in [0.1, 0.15) is 5.82 Å². The van der Waals surface area contributed by atoms with E-state index >= 15 is 0 Å². The molecule has 0 heterocycles. The fourth-order valence-electron chi connectivity index (χ4n) is 1.12. The Balaban J connectivity index is 3.43. The van der Waals surface area contributed by atoms with Gasteiger partial charge in [0.15, 0.2) is 11.5 Å². The standard InChI is InChI=1S/C9H10FNO2/c1-5(12)8-6(10)3-4-7(11)9(8)13-2/h3-4H,11H2,1-2H3. The Morgan fingerprint density at radius 1 is 1.54 bits per heavy atom. The van der Waals surface area contributed by atoms with Crippen LogP contribution in [0, 0.1) is 5.82 Å². The van der Waals surface area contributed by atoms with Gasteiger partial charge in [-0.15, -0.1) is 0 Å². The summed E-state index contributed by atoms with van der Waals surface area (Å²) in [5.41, 5.74) is 5.66. The van der Waals surface area contributed by atoms with Crippen molar-refractivity contribution in [1.82, 2.24) is 0 Å². The van der Waals surface area contributed by atoms with Gasteiger partial charge in [0.05, 0.1) is 18.4 Å². The van der Waals surface area contributed by atoms with E-state index in [4.69, 9.17) is 10.5 Å². The molecule has 70 valence electrons. The zero-order valence-electron chi connectivity index (χ0n) is 7.43. The molecule has 13 heavy (non-hydrogen) atoms. The lowest BCUT2D eigenvalue weighted by atomic mass is 10.1. The van der Waals surface area contributed by atoms with Crippen molar-refractivity contribution in [3.63, 3.8) is 0 Å². The van der Waals surface area contributed by atoms with Crippen LogP contribution in [0.2, 0.25) is 0 Å². The van der Waals surface area contributed by atoms with Crippen LogP contribution in [0.25, 0.3) is 0 Å². The Kier molecular flexibility index (Phi) is 2.51. The summed E-state index contributed by atoms with van der Waals surface area (Å²) >= 11 is 0. The molecule has 0 atom stereocenters. The number of halogens is 1. The van der Waals surface area contributed by atoms with Gasteiger partial charge in [-0.3, -0.25) is 4.79 Å². The van der Waals surface area contributed by atoms with Crippen LogP contribution in [-0.2, 0) is 0 Å². The zero-order valence-corrected chi connectivity index (χ0v) is 7.43. The molecule has 0 saturated heterocycles. The smallest absolute Gasteiger partial charge is 0.166 e. The van der Waals surface area contributed by atoms with E-state index in [0.717, 1.165) is 6.07 Å². The Morgan fingerprint density at radius 2 is 2.15 bits per heavy atom. The summed E-state index contributed by atoms with van der Waals surface area (Å²) in [6, 6.07) is 2.51. The number of nitrogens with two attached hydrogens (primary N) is 1. The van der Waals surface area contributed by atoms with Gasteiger partial charge in [-0.1, -0.05) is 0 Å². The third-order valence-electron chi connectivity index (χ3n) is 1.69. The van der Waals surface area contributed by atoms with Crippen molar-refractivity contribution in [2.75, 3.05) is 12.8 Å².